The van der Waals surface area contributed by atoms with Gasteiger partial charge in [-0.15, -0.1) is 0 Å². The largest absolute Gasteiger partial charge is 0.496 e. The maximum absolute atomic E-state index is 12.8. The van der Waals surface area contributed by atoms with Gasteiger partial charge >= 0.3 is 0 Å². The Hall–Kier alpha value is -2.10. The van der Waals surface area contributed by atoms with E-state index in [-0.39, 0.29) is 5.91 Å². The Bertz CT molecular complexity index is 614. The van der Waals surface area contributed by atoms with Crippen molar-refractivity contribution in [2.45, 2.75) is 32.6 Å². The van der Waals surface area contributed by atoms with Crippen LogP contribution in [-0.2, 0) is 11.8 Å². The number of ether oxygens (including phenoxy) is 1. The summed E-state index contributed by atoms with van der Waals surface area (Å²) in [5.74, 6) is 1.50. The summed E-state index contributed by atoms with van der Waals surface area (Å²) in [4.78, 5) is 17.1. The molecule has 0 unspecified atom stereocenters. The molecule has 20 heavy (non-hydrogen) atoms. The highest BCUT2D eigenvalue weighted by atomic mass is 16.5. The Kier molecular flexibility index (Phi) is 3.93. The van der Waals surface area contributed by atoms with Crippen LogP contribution in [0.2, 0.25) is 0 Å². The number of hydrogen-bond donors (Lipinski definition) is 0. The van der Waals surface area contributed by atoms with Gasteiger partial charge in [-0.05, 0) is 19.9 Å². The smallest absolute Gasteiger partial charge is 0.242 e. The Labute approximate surface area is 119 Å². The zero-order chi connectivity index (χ0) is 14.8. The molecule has 0 fully saturated rings. The highest BCUT2D eigenvalue weighted by molar-refractivity contribution is 5.90. The molecule has 0 amide bonds. The monoisotopic (exact) mass is 272 g/mol. The van der Waals surface area contributed by atoms with Gasteiger partial charge in [0, 0.05) is 24.4 Å². The van der Waals surface area contributed by atoms with Crippen molar-refractivity contribution in [1.29, 1.82) is 0 Å². The summed E-state index contributed by atoms with van der Waals surface area (Å²) in [5, 5.41) is 0. The van der Waals surface area contributed by atoms with Crippen molar-refractivity contribution in [1.82, 2.24) is 9.55 Å². The molecule has 0 radical (unpaired) electrons. The summed E-state index contributed by atoms with van der Waals surface area (Å²) < 4.78 is 7.01. The topological polar surface area (TPSA) is 44.1 Å². The molecule has 0 atom stereocenters. The predicted octanol–water partition coefficient (Wildman–Crippen LogP) is 3.07. The van der Waals surface area contributed by atoms with Crippen LogP contribution < -0.4 is 4.74 Å². The molecular formula is C16H20N2O2. The van der Waals surface area contributed by atoms with E-state index in [1.807, 2.05) is 45.0 Å². The minimum Gasteiger partial charge on any atom is -0.496 e. The second-order valence-electron chi connectivity index (χ2n) is 5.20. The van der Waals surface area contributed by atoms with Crippen LogP contribution in [0.25, 0.3) is 0 Å². The second-order valence-corrected chi connectivity index (χ2v) is 5.20. The molecule has 106 valence electrons. The molecule has 0 bridgehead atoms. The van der Waals surface area contributed by atoms with Crippen molar-refractivity contribution < 1.29 is 9.53 Å². The van der Waals surface area contributed by atoms with Gasteiger partial charge in [0.2, 0.25) is 5.91 Å². The van der Waals surface area contributed by atoms with Gasteiger partial charge in [0.25, 0.3) is 0 Å². The zero-order valence-corrected chi connectivity index (χ0v) is 12.4. The van der Waals surface area contributed by atoms with Crippen LogP contribution in [0.1, 0.15) is 37.0 Å². The molecule has 0 aliphatic rings. The first kappa shape index (κ1) is 14.3. The van der Waals surface area contributed by atoms with E-state index in [1.165, 1.54) is 0 Å². The van der Waals surface area contributed by atoms with Gasteiger partial charge in [-0.25, -0.2) is 4.98 Å². The molecule has 4 heteroatoms. The molecule has 0 saturated heterocycles. The number of aromatic nitrogens is 2. The van der Waals surface area contributed by atoms with E-state index < -0.39 is 5.41 Å². The van der Waals surface area contributed by atoms with Crippen LogP contribution in [0.5, 0.6) is 5.75 Å². The molecule has 1 heterocycles. The third-order valence-electron chi connectivity index (χ3n) is 3.57. The van der Waals surface area contributed by atoms with E-state index >= 15 is 0 Å². The van der Waals surface area contributed by atoms with Crippen molar-refractivity contribution >= 4 is 5.91 Å². The van der Waals surface area contributed by atoms with Crippen molar-refractivity contribution in [2.75, 3.05) is 7.11 Å². The third kappa shape index (κ3) is 2.33. The van der Waals surface area contributed by atoms with E-state index in [0.717, 1.165) is 23.6 Å². The number of carbonyl (C=O) groups excluding carboxylic acids is 1. The normalized spacial score (nSPS) is 11.4. The number of para-hydroxylation sites is 1. The highest BCUT2D eigenvalue weighted by Gasteiger charge is 2.34. The van der Waals surface area contributed by atoms with Crippen LogP contribution in [0.4, 0.5) is 0 Å². The molecular weight excluding hydrogens is 252 g/mol. The van der Waals surface area contributed by atoms with Crippen molar-refractivity contribution in [3.05, 3.63) is 48.0 Å². The third-order valence-corrected chi connectivity index (χ3v) is 3.57. The fourth-order valence-electron chi connectivity index (χ4n) is 2.36. The van der Waals surface area contributed by atoms with E-state index in [9.17, 15) is 4.79 Å². The predicted molar refractivity (Wildman–Crippen MR) is 78.3 cm³/mol. The van der Waals surface area contributed by atoms with Crippen LogP contribution in [0, 0.1) is 0 Å². The number of benzene rings is 1. The van der Waals surface area contributed by atoms with Crippen molar-refractivity contribution in [3.8, 4) is 5.75 Å². The Morgan fingerprint density at radius 1 is 1.35 bits per heavy atom. The average Bonchev–Trinajstić information content (AvgIpc) is 2.94. The maximum Gasteiger partial charge on any atom is 0.242 e. The van der Waals surface area contributed by atoms with Gasteiger partial charge in [-0.3, -0.25) is 9.36 Å². The lowest BCUT2D eigenvalue weighted by molar-refractivity contribution is 0.0815. The number of methoxy groups -OCH3 is 1. The number of rotatable bonds is 4. The highest BCUT2D eigenvalue weighted by Crippen LogP contribution is 2.33. The molecule has 0 aliphatic carbocycles. The number of aryl methyl sites for hydroxylation is 1. The van der Waals surface area contributed by atoms with Crippen molar-refractivity contribution in [3.63, 3.8) is 0 Å². The van der Waals surface area contributed by atoms with Crippen molar-refractivity contribution in [2.24, 2.45) is 0 Å². The quantitative estimate of drug-likeness (QED) is 0.859. The molecule has 1 aromatic carbocycles. The minimum absolute atomic E-state index is 0.00338. The molecule has 2 aromatic rings. The summed E-state index contributed by atoms with van der Waals surface area (Å²) in [5.41, 5.74) is 0.195. The summed E-state index contributed by atoms with van der Waals surface area (Å²) in [7, 11) is 1.62. The Morgan fingerprint density at radius 2 is 2.05 bits per heavy atom. The number of hydrogen-bond acceptors (Lipinski definition) is 3. The summed E-state index contributed by atoms with van der Waals surface area (Å²) in [6.07, 6.45) is 4.11. The molecule has 0 N–H and O–H groups in total. The van der Waals surface area contributed by atoms with Gasteiger partial charge in [0.1, 0.15) is 11.6 Å². The molecule has 0 aliphatic heterocycles. The molecule has 2 rings (SSSR count). The number of imidazole rings is 1. The van der Waals surface area contributed by atoms with Crippen LogP contribution in [0.3, 0.4) is 0 Å². The van der Waals surface area contributed by atoms with E-state index in [4.69, 9.17) is 4.74 Å². The van der Waals surface area contributed by atoms with Gasteiger partial charge in [-0.1, -0.05) is 25.1 Å². The molecule has 4 nitrogen and oxygen atoms in total. The van der Waals surface area contributed by atoms with Crippen LogP contribution in [0.15, 0.2) is 36.7 Å². The standard InChI is InChI=1S/C16H20N2O2/c1-5-14-17-10-11-18(14)15(19)16(2,3)12-8-6-7-9-13(12)20-4/h6-11H,5H2,1-4H3. The van der Waals surface area contributed by atoms with Gasteiger partial charge in [0.15, 0.2) is 0 Å². The SMILES string of the molecule is CCc1nccn1C(=O)C(C)(C)c1ccccc1OC. The number of carbonyl (C=O) groups is 1. The fourth-order valence-corrected chi connectivity index (χ4v) is 2.36. The van der Waals surface area contributed by atoms with Gasteiger partial charge in [-0.2, -0.15) is 0 Å². The van der Waals surface area contributed by atoms with E-state index in [1.54, 1.807) is 24.1 Å². The average molecular weight is 272 g/mol. The first-order chi connectivity index (χ1) is 9.52. The lowest BCUT2D eigenvalue weighted by Gasteiger charge is -2.26. The Balaban J connectivity index is 2.46. The lowest BCUT2D eigenvalue weighted by Crippen LogP contribution is -2.34. The first-order valence-electron chi connectivity index (χ1n) is 6.73. The fraction of sp³-hybridized carbons (Fsp3) is 0.375. The summed E-state index contributed by atoms with van der Waals surface area (Å²) in [6, 6.07) is 7.62. The minimum atomic E-state index is -0.683. The number of nitrogens with zero attached hydrogens (tertiary/aromatic N) is 2. The van der Waals surface area contributed by atoms with Crippen LogP contribution >= 0.6 is 0 Å². The summed E-state index contributed by atoms with van der Waals surface area (Å²) >= 11 is 0. The molecule has 0 saturated carbocycles. The van der Waals surface area contributed by atoms with Crippen LogP contribution in [-0.4, -0.2) is 22.6 Å². The Morgan fingerprint density at radius 3 is 2.70 bits per heavy atom. The van der Waals surface area contributed by atoms with Gasteiger partial charge in [0.05, 0.1) is 12.5 Å². The van der Waals surface area contributed by atoms with E-state index in [0.29, 0.717) is 0 Å². The van der Waals surface area contributed by atoms with E-state index in [2.05, 4.69) is 4.98 Å². The zero-order valence-electron chi connectivity index (χ0n) is 12.4. The maximum atomic E-state index is 12.8. The first-order valence-corrected chi connectivity index (χ1v) is 6.73. The molecule has 0 spiro atoms. The second kappa shape index (κ2) is 5.49. The summed E-state index contributed by atoms with van der Waals surface area (Å²) in [6.45, 7) is 5.81. The van der Waals surface area contributed by atoms with Gasteiger partial charge < -0.3 is 4.74 Å². The molecule has 1 aromatic heterocycles. The lowest BCUT2D eigenvalue weighted by atomic mass is 9.83.